The van der Waals surface area contributed by atoms with Gasteiger partial charge >= 0.3 is 5.97 Å². The number of rotatable bonds is 4. The maximum atomic E-state index is 12.6. The van der Waals surface area contributed by atoms with Crippen molar-refractivity contribution in [3.05, 3.63) is 59.7 Å². The summed E-state index contributed by atoms with van der Waals surface area (Å²) in [6.07, 6.45) is 0.425. The average molecular weight is 337 g/mol. The van der Waals surface area contributed by atoms with Crippen LogP contribution in [0.2, 0.25) is 0 Å². The van der Waals surface area contributed by atoms with Crippen LogP contribution in [-0.2, 0) is 19.7 Å². The number of carbonyl (C=O) groups excluding carboxylic acids is 2. The second-order valence-corrected chi connectivity index (χ2v) is 7.45. The van der Waals surface area contributed by atoms with E-state index in [1.807, 2.05) is 69.3 Å². The van der Waals surface area contributed by atoms with Gasteiger partial charge in [0, 0.05) is 6.42 Å². The number of hydrogen-bond acceptors (Lipinski definition) is 3. The molecule has 1 aliphatic rings. The summed E-state index contributed by atoms with van der Waals surface area (Å²) >= 11 is 0. The Labute approximate surface area is 148 Å². The molecule has 2 aromatic rings. The largest absolute Gasteiger partial charge is 0.460 e. The molecule has 0 spiro atoms. The fourth-order valence-corrected chi connectivity index (χ4v) is 3.67. The van der Waals surface area contributed by atoms with Gasteiger partial charge in [0.15, 0.2) is 0 Å². The standard InChI is InChI=1S/C21H23NO3/c1-20(2,3)25-18(23)12-13-21(19(22)24)16-10-6-4-8-14(16)15-9-5-7-11-17(15)21/h4-11H,12-13H2,1-3H3,(H2,22,24). The topological polar surface area (TPSA) is 69.4 Å². The van der Waals surface area contributed by atoms with Crippen molar-refractivity contribution < 1.29 is 14.3 Å². The Morgan fingerprint density at radius 1 is 0.960 bits per heavy atom. The molecule has 4 nitrogen and oxygen atoms in total. The highest BCUT2D eigenvalue weighted by Crippen LogP contribution is 2.51. The fourth-order valence-electron chi connectivity index (χ4n) is 3.67. The molecule has 0 radical (unpaired) electrons. The molecule has 0 fully saturated rings. The van der Waals surface area contributed by atoms with Crippen LogP contribution in [-0.4, -0.2) is 17.5 Å². The van der Waals surface area contributed by atoms with Crippen molar-refractivity contribution in [2.24, 2.45) is 5.73 Å². The Kier molecular flexibility index (Phi) is 4.15. The van der Waals surface area contributed by atoms with Gasteiger partial charge in [0.2, 0.25) is 5.91 Å². The van der Waals surface area contributed by atoms with Crippen molar-refractivity contribution in [3.8, 4) is 11.1 Å². The van der Waals surface area contributed by atoms with Crippen molar-refractivity contribution in [1.82, 2.24) is 0 Å². The number of esters is 1. The number of hydrogen-bond donors (Lipinski definition) is 1. The van der Waals surface area contributed by atoms with Gasteiger partial charge in [-0.25, -0.2) is 0 Å². The first-order chi connectivity index (χ1) is 11.8. The number of fused-ring (bicyclic) bond motifs is 3. The summed E-state index contributed by atoms with van der Waals surface area (Å²) in [5.74, 6) is -0.761. The maximum Gasteiger partial charge on any atom is 0.306 e. The number of benzene rings is 2. The number of carbonyl (C=O) groups is 2. The van der Waals surface area contributed by atoms with E-state index in [0.717, 1.165) is 22.3 Å². The highest BCUT2D eigenvalue weighted by Gasteiger charge is 2.47. The van der Waals surface area contributed by atoms with Crippen LogP contribution >= 0.6 is 0 Å². The molecule has 1 amide bonds. The number of primary amides is 1. The van der Waals surface area contributed by atoms with Crippen LogP contribution < -0.4 is 5.73 Å². The third kappa shape index (κ3) is 2.93. The van der Waals surface area contributed by atoms with Crippen LogP contribution in [0, 0.1) is 0 Å². The normalized spacial score (nSPS) is 14.5. The molecule has 0 atom stereocenters. The van der Waals surface area contributed by atoms with Gasteiger partial charge in [0.05, 0.1) is 0 Å². The summed E-state index contributed by atoms with van der Waals surface area (Å²) in [7, 11) is 0. The summed E-state index contributed by atoms with van der Waals surface area (Å²) in [5, 5.41) is 0. The van der Waals surface area contributed by atoms with Gasteiger partial charge in [-0.3, -0.25) is 9.59 Å². The van der Waals surface area contributed by atoms with Gasteiger partial charge in [-0.05, 0) is 49.4 Å². The van der Waals surface area contributed by atoms with Gasteiger partial charge in [0.1, 0.15) is 11.0 Å². The fraction of sp³-hybridized carbons (Fsp3) is 0.333. The molecule has 0 saturated heterocycles. The summed E-state index contributed by atoms with van der Waals surface area (Å²) in [6, 6.07) is 15.5. The number of amides is 1. The lowest BCUT2D eigenvalue weighted by Crippen LogP contribution is -2.41. The monoisotopic (exact) mass is 337 g/mol. The zero-order valence-corrected chi connectivity index (χ0v) is 14.8. The van der Waals surface area contributed by atoms with Gasteiger partial charge in [0.25, 0.3) is 0 Å². The van der Waals surface area contributed by atoms with E-state index < -0.39 is 16.9 Å². The third-order valence-corrected chi connectivity index (χ3v) is 4.61. The molecule has 0 aliphatic heterocycles. The molecule has 2 aromatic carbocycles. The van der Waals surface area contributed by atoms with Crippen LogP contribution in [0.15, 0.2) is 48.5 Å². The molecule has 25 heavy (non-hydrogen) atoms. The highest BCUT2D eigenvalue weighted by atomic mass is 16.6. The Hall–Kier alpha value is -2.62. The predicted molar refractivity (Wildman–Crippen MR) is 96.9 cm³/mol. The molecule has 0 heterocycles. The van der Waals surface area contributed by atoms with Gasteiger partial charge < -0.3 is 10.5 Å². The van der Waals surface area contributed by atoms with E-state index in [9.17, 15) is 9.59 Å². The van der Waals surface area contributed by atoms with Crippen LogP contribution in [0.4, 0.5) is 0 Å². The third-order valence-electron chi connectivity index (χ3n) is 4.61. The maximum absolute atomic E-state index is 12.6. The first-order valence-electron chi connectivity index (χ1n) is 8.47. The average Bonchev–Trinajstić information content (AvgIpc) is 2.83. The SMILES string of the molecule is CC(C)(C)OC(=O)CCC1(C(N)=O)c2ccccc2-c2ccccc21. The van der Waals surface area contributed by atoms with E-state index >= 15 is 0 Å². The zero-order chi connectivity index (χ0) is 18.2. The van der Waals surface area contributed by atoms with E-state index in [1.165, 1.54) is 0 Å². The number of nitrogens with two attached hydrogens (primary N) is 1. The lowest BCUT2D eigenvalue weighted by Gasteiger charge is -2.29. The van der Waals surface area contributed by atoms with Crippen LogP contribution in [0.5, 0.6) is 0 Å². The Balaban J connectivity index is 2.03. The van der Waals surface area contributed by atoms with Crippen LogP contribution in [0.25, 0.3) is 11.1 Å². The van der Waals surface area contributed by atoms with Crippen molar-refractivity contribution >= 4 is 11.9 Å². The second kappa shape index (κ2) is 6.03. The number of ether oxygens (including phenoxy) is 1. The molecule has 0 unspecified atom stereocenters. The summed E-state index contributed by atoms with van der Waals surface area (Å²) < 4.78 is 5.41. The summed E-state index contributed by atoms with van der Waals surface area (Å²) in [5.41, 5.74) is 8.07. The minimum Gasteiger partial charge on any atom is -0.460 e. The molecule has 1 aliphatic carbocycles. The van der Waals surface area contributed by atoms with Gasteiger partial charge in [-0.1, -0.05) is 48.5 Å². The van der Waals surface area contributed by atoms with E-state index in [1.54, 1.807) is 0 Å². The quantitative estimate of drug-likeness (QED) is 0.867. The van der Waals surface area contributed by atoms with Crippen LogP contribution in [0.3, 0.4) is 0 Å². The Bertz CT molecular complexity index is 788. The lowest BCUT2D eigenvalue weighted by atomic mass is 9.74. The summed E-state index contributed by atoms with van der Waals surface area (Å²) in [6.45, 7) is 5.48. The van der Waals surface area contributed by atoms with Gasteiger partial charge in [-0.15, -0.1) is 0 Å². The second-order valence-electron chi connectivity index (χ2n) is 7.45. The molecular weight excluding hydrogens is 314 g/mol. The molecule has 2 N–H and O–H groups in total. The van der Waals surface area contributed by atoms with Crippen molar-refractivity contribution in [2.75, 3.05) is 0 Å². The molecule has 4 heteroatoms. The minimum absolute atomic E-state index is 0.128. The molecule has 0 aromatic heterocycles. The van der Waals surface area contributed by atoms with Gasteiger partial charge in [-0.2, -0.15) is 0 Å². The molecule has 0 bridgehead atoms. The van der Waals surface area contributed by atoms with Crippen molar-refractivity contribution in [1.29, 1.82) is 0 Å². The Morgan fingerprint density at radius 3 is 1.88 bits per heavy atom. The van der Waals surface area contributed by atoms with E-state index in [0.29, 0.717) is 6.42 Å². The first kappa shape index (κ1) is 17.2. The smallest absolute Gasteiger partial charge is 0.306 e. The van der Waals surface area contributed by atoms with Crippen molar-refractivity contribution in [2.45, 2.75) is 44.6 Å². The minimum atomic E-state index is -0.996. The van der Waals surface area contributed by atoms with Crippen LogP contribution in [0.1, 0.15) is 44.7 Å². The lowest BCUT2D eigenvalue weighted by molar-refractivity contribution is -0.155. The molecule has 3 rings (SSSR count). The van der Waals surface area contributed by atoms with E-state index in [-0.39, 0.29) is 12.4 Å². The first-order valence-corrected chi connectivity index (χ1v) is 8.47. The highest BCUT2D eigenvalue weighted by molar-refractivity contribution is 6.00. The predicted octanol–water partition coefficient (Wildman–Crippen LogP) is 3.56. The summed E-state index contributed by atoms with van der Waals surface area (Å²) in [4.78, 5) is 24.8. The molecular formula is C21H23NO3. The van der Waals surface area contributed by atoms with E-state index in [2.05, 4.69) is 0 Å². The zero-order valence-electron chi connectivity index (χ0n) is 14.8. The molecule has 0 saturated carbocycles. The Morgan fingerprint density at radius 2 is 1.44 bits per heavy atom. The van der Waals surface area contributed by atoms with E-state index in [4.69, 9.17) is 10.5 Å². The van der Waals surface area contributed by atoms with Crippen molar-refractivity contribution in [3.63, 3.8) is 0 Å². The molecule has 130 valence electrons.